The van der Waals surface area contributed by atoms with Gasteiger partial charge in [-0.3, -0.25) is 14.6 Å². The predicted molar refractivity (Wildman–Crippen MR) is 101 cm³/mol. The molecule has 0 unspecified atom stereocenters. The molecule has 5 nitrogen and oxygen atoms in total. The van der Waals surface area contributed by atoms with E-state index in [-0.39, 0.29) is 17.9 Å². The topological polar surface area (TPSA) is 71.1 Å². The molecule has 3 rings (SSSR count). The molecule has 0 aliphatic carbocycles. The van der Waals surface area contributed by atoms with Gasteiger partial charge < -0.3 is 10.6 Å². The number of carbonyl (C=O) groups excluding carboxylic acids is 2. The summed E-state index contributed by atoms with van der Waals surface area (Å²) in [5.41, 5.74) is 2.31. The number of rotatable bonds is 5. The summed E-state index contributed by atoms with van der Waals surface area (Å²) in [7, 11) is 0. The molecule has 5 heteroatoms. The van der Waals surface area contributed by atoms with Crippen molar-refractivity contribution in [1.82, 2.24) is 10.3 Å². The van der Waals surface area contributed by atoms with Gasteiger partial charge in [-0.2, -0.15) is 0 Å². The Labute approximate surface area is 152 Å². The summed E-state index contributed by atoms with van der Waals surface area (Å²) in [5.74, 6) is -0.558. The van der Waals surface area contributed by atoms with E-state index >= 15 is 0 Å². The van der Waals surface area contributed by atoms with Gasteiger partial charge in [0.25, 0.3) is 11.8 Å². The molecule has 2 N–H and O–H groups in total. The number of nitrogens with zero attached hydrogens (tertiary/aromatic N) is 1. The van der Waals surface area contributed by atoms with Crippen LogP contribution in [0.3, 0.4) is 0 Å². The van der Waals surface area contributed by atoms with Crippen molar-refractivity contribution >= 4 is 17.5 Å². The van der Waals surface area contributed by atoms with Crippen molar-refractivity contribution in [3.05, 3.63) is 95.8 Å². The second kappa shape index (κ2) is 8.07. The van der Waals surface area contributed by atoms with Gasteiger partial charge in [-0.25, -0.2) is 0 Å². The number of benzene rings is 2. The highest BCUT2D eigenvalue weighted by Crippen LogP contribution is 2.18. The smallest absolute Gasteiger partial charge is 0.257 e. The summed E-state index contributed by atoms with van der Waals surface area (Å²) in [6, 6.07) is 19.9. The van der Waals surface area contributed by atoms with Crippen molar-refractivity contribution < 1.29 is 9.59 Å². The number of pyridine rings is 1. The molecule has 0 radical (unpaired) electrons. The predicted octanol–water partition coefficient (Wildman–Crippen LogP) is 3.82. The van der Waals surface area contributed by atoms with E-state index < -0.39 is 0 Å². The third-order valence-electron chi connectivity index (χ3n) is 3.99. The van der Waals surface area contributed by atoms with Crippen LogP contribution in [0.5, 0.6) is 0 Å². The number of anilines is 1. The Bertz CT molecular complexity index is 895. The molecule has 26 heavy (non-hydrogen) atoms. The standard InChI is InChI=1S/C21H19N3O2/c1-15(16-8-3-2-4-9-16)23-21(26)18-11-5-6-12-19(18)24-20(25)17-10-7-13-22-14-17/h2-15H,1H3,(H,23,26)(H,24,25)/t15-/m1/s1. The number of hydrogen-bond acceptors (Lipinski definition) is 3. The van der Waals surface area contributed by atoms with E-state index in [0.717, 1.165) is 5.56 Å². The Morgan fingerprint density at radius 2 is 1.62 bits per heavy atom. The van der Waals surface area contributed by atoms with Crippen molar-refractivity contribution in [2.75, 3.05) is 5.32 Å². The maximum absolute atomic E-state index is 12.7. The van der Waals surface area contributed by atoms with Gasteiger partial charge in [0, 0.05) is 12.4 Å². The van der Waals surface area contributed by atoms with Gasteiger partial charge in [0.2, 0.25) is 0 Å². The molecule has 0 saturated carbocycles. The van der Waals surface area contributed by atoms with E-state index in [4.69, 9.17) is 0 Å². The van der Waals surface area contributed by atoms with Gasteiger partial charge in [-0.05, 0) is 36.8 Å². The van der Waals surface area contributed by atoms with Gasteiger partial charge in [0.15, 0.2) is 0 Å². The number of para-hydroxylation sites is 1. The lowest BCUT2D eigenvalue weighted by Gasteiger charge is -2.16. The molecule has 0 spiro atoms. The number of nitrogens with one attached hydrogen (secondary N) is 2. The van der Waals surface area contributed by atoms with Crippen LogP contribution in [0, 0.1) is 0 Å². The molecule has 3 aromatic rings. The largest absolute Gasteiger partial charge is 0.345 e. The van der Waals surface area contributed by atoms with Crippen LogP contribution in [0.2, 0.25) is 0 Å². The summed E-state index contributed by atoms with van der Waals surface area (Å²) in [6.45, 7) is 1.92. The summed E-state index contributed by atoms with van der Waals surface area (Å²) in [4.78, 5) is 29.0. The highest BCUT2D eigenvalue weighted by molar-refractivity contribution is 6.08. The second-order valence-corrected chi connectivity index (χ2v) is 5.85. The average molecular weight is 345 g/mol. The van der Waals surface area contributed by atoms with Crippen LogP contribution in [0.25, 0.3) is 0 Å². The lowest BCUT2D eigenvalue weighted by Crippen LogP contribution is -2.28. The van der Waals surface area contributed by atoms with Crippen molar-refractivity contribution in [1.29, 1.82) is 0 Å². The zero-order chi connectivity index (χ0) is 18.4. The maximum atomic E-state index is 12.7. The monoisotopic (exact) mass is 345 g/mol. The minimum absolute atomic E-state index is 0.147. The Morgan fingerprint density at radius 1 is 0.885 bits per heavy atom. The third-order valence-corrected chi connectivity index (χ3v) is 3.99. The molecular formula is C21H19N3O2. The van der Waals surface area contributed by atoms with Gasteiger partial charge in [-0.15, -0.1) is 0 Å². The summed E-state index contributed by atoms with van der Waals surface area (Å²) >= 11 is 0. The Kier molecular flexibility index (Phi) is 5.39. The van der Waals surface area contributed by atoms with E-state index in [1.807, 2.05) is 37.3 Å². The zero-order valence-corrected chi connectivity index (χ0v) is 14.3. The zero-order valence-electron chi connectivity index (χ0n) is 14.3. The molecule has 1 heterocycles. The lowest BCUT2D eigenvalue weighted by atomic mass is 10.1. The quantitative estimate of drug-likeness (QED) is 0.738. The first kappa shape index (κ1) is 17.4. The van der Waals surface area contributed by atoms with Gasteiger partial charge in [-0.1, -0.05) is 42.5 Å². The van der Waals surface area contributed by atoms with Crippen LogP contribution in [0.1, 0.15) is 39.2 Å². The molecule has 0 aliphatic heterocycles. The number of aromatic nitrogens is 1. The summed E-state index contributed by atoms with van der Waals surface area (Å²) < 4.78 is 0. The summed E-state index contributed by atoms with van der Waals surface area (Å²) in [5, 5.41) is 5.74. The molecule has 1 atom stereocenters. The van der Waals surface area contributed by atoms with Gasteiger partial charge in [0.1, 0.15) is 0 Å². The molecule has 2 aromatic carbocycles. The molecule has 0 bridgehead atoms. The number of carbonyl (C=O) groups is 2. The highest BCUT2D eigenvalue weighted by atomic mass is 16.2. The van der Waals surface area contributed by atoms with Gasteiger partial charge in [0.05, 0.1) is 22.9 Å². The average Bonchev–Trinajstić information content (AvgIpc) is 2.69. The minimum atomic E-state index is -0.311. The van der Waals surface area contributed by atoms with Crippen molar-refractivity contribution in [3.8, 4) is 0 Å². The molecule has 1 aromatic heterocycles. The van der Waals surface area contributed by atoms with E-state index in [0.29, 0.717) is 16.8 Å². The Morgan fingerprint density at radius 3 is 2.35 bits per heavy atom. The summed E-state index contributed by atoms with van der Waals surface area (Å²) in [6.07, 6.45) is 3.08. The number of amides is 2. The maximum Gasteiger partial charge on any atom is 0.257 e. The van der Waals surface area contributed by atoms with Crippen LogP contribution in [-0.4, -0.2) is 16.8 Å². The normalized spacial score (nSPS) is 11.4. The van der Waals surface area contributed by atoms with Crippen LogP contribution in [0.15, 0.2) is 79.1 Å². The van der Waals surface area contributed by atoms with E-state index in [1.54, 1.807) is 42.6 Å². The van der Waals surface area contributed by atoms with Gasteiger partial charge >= 0.3 is 0 Å². The molecule has 0 fully saturated rings. The second-order valence-electron chi connectivity index (χ2n) is 5.85. The molecule has 0 aliphatic rings. The molecular weight excluding hydrogens is 326 g/mol. The van der Waals surface area contributed by atoms with E-state index in [9.17, 15) is 9.59 Å². The van der Waals surface area contributed by atoms with Crippen LogP contribution in [-0.2, 0) is 0 Å². The Hall–Kier alpha value is -3.47. The van der Waals surface area contributed by atoms with Crippen LogP contribution < -0.4 is 10.6 Å². The first-order chi connectivity index (χ1) is 12.6. The minimum Gasteiger partial charge on any atom is -0.345 e. The lowest BCUT2D eigenvalue weighted by molar-refractivity contribution is 0.0941. The van der Waals surface area contributed by atoms with E-state index in [2.05, 4.69) is 15.6 Å². The molecule has 0 saturated heterocycles. The van der Waals surface area contributed by atoms with Crippen molar-refractivity contribution in [2.45, 2.75) is 13.0 Å². The molecule has 2 amide bonds. The third kappa shape index (κ3) is 4.13. The fourth-order valence-corrected chi connectivity index (χ4v) is 2.58. The molecule has 130 valence electrons. The highest BCUT2D eigenvalue weighted by Gasteiger charge is 2.16. The first-order valence-electron chi connectivity index (χ1n) is 8.31. The van der Waals surface area contributed by atoms with Crippen LogP contribution in [0.4, 0.5) is 5.69 Å². The SMILES string of the molecule is C[C@@H](NC(=O)c1ccccc1NC(=O)c1cccnc1)c1ccccc1. The van der Waals surface area contributed by atoms with Crippen LogP contribution >= 0.6 is 0 Å². The first-order valence-corrected chi connectivity index (χ1v) is 8.31. The fraction of sp³-hybridized carbons (Fsp3) is 0.0952. The number of hydrogen-bond donors (Lipinski definition) is 2. The Balaban J connectivity index is 1.76. The van der Waals surface area contributed by atoms with E-state index in [1.165, 1.54) is 6.20 Å². The fourth-order valence-electron chi connectivity index (χ4n) is 2.58. The van der Waals surface area contributed by atoms with Crippen molar-refractivity contribution in [3.63, 3.8) is 0 Å². The van der Waals surface area contributed by atoms with Crippen molar-refractivity contribution in [2.24, 2.45) is 0 Å².